The zero-order valence-electron chi connectivity index (χ0n) is 9.69. The molecule has 0 aromatic rings. The normalized spacial score (nSPS) is 28.1. The van der Waals surface area contributed by atoms with E-state index in [0.29, 0.717) is 0 Å². The van der Waals surface area contributed by atoms with Gasteiger partial charge in [-0.25, -0.2) is 0 Å². The molecule has 3 atom stereocenters. The monoisotopic (exact) mass is 215 g/mol. The highest BCUT2D eigenvalue weighted by molar-refractivity contribution is 5.76. The molecule has 0 spiro atoms. The summed E-state index contributed by atoms with van der Waals surface area (Å²) in [4.78, 5) is 11.5. The van der Waals surface area contributed by atoms with Crippen LogP contribution in [-0.2, 0) is 9.53 Å². The van der Waals surface area contributed by atoms with Gasteiger partial charge < -0.3 is 9.84 Å². The first kappa shape index (κ1) is 12.5. The number of aliphatic hydroxyl groups is 1. The van der Waals surface area contributed by atoms with Crippen molar-refractivity contribution in [2.45, 2.75) is 51.3 Å². The van der Waals surface area contributed by atoms with Gasteiger partial charge in [-0.2, -0.15) is 0 Å². The number of hydrogen-bond donors (Lipinski definition) is 2. The van der Waals surface area contributed by atoms with Gasteiger partial charge in [-0.15, -0.1) is 0 Å². The van der Waals surface area contributed by atoms with Crippen LogP contribution >= 0.6 is 0 Å². The zero-order valence-corrected chi connectivity index (χ0v) is 9.69. The lowest BCUT2D eigenvalue weighted by atomic mass is 10.0. The smallest absolute Gasteiger partial charge is 0.323 e. The molecule has 1 unspecified atom stereocenters. The van der Waals surface area contributed by atoms with E-state index in [-0.39, 0.29) is 30.1 Å². The van der Waals surface area contributed by atoms with E-state index in [9.17, 15) is 9.90 Å². The first-order valence-electron chi connectivity index (χ1n) is 5.58. The fourth-order valence-electron chi connectivity index (χ4n) is 2.03. The number of ether oxygens (including phenoxy) is 1. The molecule has 1 saturated carbocycles. The third kappa shape index (κ3) is 3.18. The van der Waals surface area contributed by atoms with E-state index in [1.807, 2.05) is 13.8 Å². The molecule has 15 heavy (non-hydrogen) atoms. The molecule has 0 amide bonds. The second kappa shape index (κ2) is 5.47. The Morgan fingerprint density at radius 1 is 1.47 bits per heavy atom. The summed E-state index contributed by atoms with van der Waals surface area (Å²) in [5.74, 6) is -0.0747. The second-order valence-corrected chi connectivity index (χ2v) is 4.52. The fraction of sp³-hybridized carbons (Fsp3) is 0.909. The molecule has 0 saturated heterocycles. The average Bonchev–Trinajstić information content (AvgIpc) is 2.59. The van der Waals surface area contributed by atoms with Crippen LogP contribution in [0.25, 0.3) is 0 Å². The lowest BCUT2D eigenvalue weighted by Crippen LogP contribution is -2.49. The maximum atomic E-state index is 11.5. The Bertz CT molecular complexity index is 218. The first-order chi connectivity index (χ1) is 7.06. The molecule has 0 bridgehead atoms. The molecule has 4 heteroatoms. The fourth-order valence-corrected chi connectivity index (χ4v) is 2.03. The summed E-state index contributed by atoms with van der Waals surface area (Å²) in [6.45, 7) is 3.94. The van der Waals surface area contributed by atoms with Crippen LogP contribution < -0.4 is 5.32 Å². The average molecular weight is 215 g/mol. The molecule has 0 aromatic heterocycles. The third-order valence-electron chi connectivity index (χ3n) is 2.99. The van der Waals surface area contributed by atoms with Gasteiger partial charge in [-0.05, 0) is 25.2 Å². The minimum atomic E-state index is -0.323. The van der Waals surface area contributed by atoms with Gasteiger partial charge in [0.15, 0.2) is 0 Å². The summed E-state index contributed by atoms with van der Waals surface area (Å²) in [6.07, 6.45) is 2.45. The first-order valence-corrected chi connectivity index (χ1v) is 5.58. The van der Waals surface area contributed by atoms with E-state index >= 15 is 0 Å². The number of esters is 1. The number of carbonyl (C=O) groups excluding carboxylic acids is 1. The Morgan fingerprint density at radius 2 is 2.13 bits per heavy atom. The quantitative estimate of drug-likeness (QED) is 0.677. The molecule has 88 valence electrons. The third-order valence-corrected chi connectivity index (χ3v) is 2.99. The SMILES string of the molecule is COC(=O)C(N[C@@H]1CCC[C@H]1O)C(C)C. The van der Waals surface area contributed by atoms with Crippen molar-refractivity contribution in [1.82, 2.24) is 5.32 Å². The Balaban J connectivity index is 2.54. The Kier molecular flexibility index (Phi) is 4.54. The minimum absolute atomic E-state index is 0.0384. The van der Waals surface area contributed by atoms with Gasteiger partial charge in [0.2, 0.25) is 0 Å². The highest BCUT2D eigenvalue weighted by Gasteiger charge is 2.31. The van der Waals surface area contributed by atoms with Crippen molar-refractivity contribution in [2.24, 2.45) is 5.92 Å². The molecule has 1 aliphatic rings. The summed E-state index contributed by atoms with van der Waals surface area (Å²) in [5, 5.41) is 12.9. The predicted octanol–water partition coefficient (Wildman–Crippen LogP) is 0.687. The van der Waals surface area contributed by atoms with Gasteiger partial charge >= 0.3 is 5.97 Å². The highest BCUT2D eigenvalue weighted by atomic mass is 16.5. The standard InChI is InChI=1S/C11H21NO3/c1-7(2)10(11(14)15-3)12-8-5-4-6-9(8)13/h7-10,12-13H,4-6H2,1-3H3/t8-,9-,10?/m1/s1. The van der Waals surface area contributed by atoms with Crippen molar-refractivity contribution < 1.29 is 14.6 Å². The van der Waals surface area contributed by atoms with E-state index in [0.717, 1.165) is 19.3 Å². The number of carbonyl (C=O) groups is 1. The molecule has 1 fully saturated rings. The van der Waals surface area contributed by atoms with Gasteiger partial charge in [-0.3, -0.25) is 10.1 Å². The summed E-state index contributed by atoms with van der Waals surface area (Å²) in [7, 11) is 1.39. The van der Waals surface area contributed by atoms with Gasteiger partial charge in [0, 0.05) is 6.04 Å². The van der Waals surface area contributed by atoms with Crippen LogP contribution in [0.15, 0.2) is 0 Å². The van der Waals surface area contributed by atoms with Crippen LogP contribution in [0.3, 0.4) is 0 Å². The molecule has 4 nitrogen and oxygen atoms in total. The Labute approximate surface area is 91.0 Å². The van der Waals surface area contributed by atoms with Crippen molar-refractivity contribution in [1.29, 1.82) is 0 Å². The van der Waals surface area contributed by atoms with Gasteiger partial charge in [0.05, 0.1) is 13.2 Å². The zero-order chi connectivity index (χ0) is 11.4. The van der Waals surface area contributed by atoms with Crippen LogP contribution in [0.2, 0.25) is 0 Å². The van der Waals surface area contributed by atoms with Crippen molar-refractivity contribution in [2.75, 3.05) is 7.11 Å². The van der Waals surface area contributed by atoms with E-state index in [4.69, 9.17) is 4.74 Å². The largest absolute Gasteiger partial charge is 0.468 e. The maximum Gasteiger partial charge on any atom is 0.323 e. The predicted molar refractivity (Wildman–Crippen MR) is 57.4 cm³/mol. The van der Waals surface area contributed by atoms with E-state index in [1.165, 1.54) is 7.11 Å². The summed E-state index contributed by atoms with van der Waals surface area (Å²) >= 11 is 0. The van der Waals surface area contributed by atoms with Crippen molar-refractivity contribution >= 4 is 5.97 Å². The van der Waals surface area contributed by atoms with Crippen LogP contribution in [0, 0.1) is 5.92 Å². The number of rotatable bonds is 4. The Hall–Kier alpha value is -0.610. The topological polar surface area (TPSA) is 58.6 Å². The molecular formula is C11H21NO3. The van der Waals surface area contributed by atoms with E-state index in [2.05, 4.69) is 5.32 Å². The van der Waals surface area contributed by atoms with Crippen LogP contribution in [0.4, 0.5) is 0 Å². The number of hydrogen-bond acceptors (Lipinski definition) is 4. The van der Waals surface area contributed by atoms with Gasteiger partial charge in [0.1, 0.15) is 6.04 Å². The number of methoxy groups -OCH3 is 1. The van der Waals surface area contributed by atoms with Crippen LogP contribution in [0.1, 0.15) is 33.1 Å². The molecule has 0 aromatic carbocycles. The molecule has 1 rings (SSSR count). The van der Waals surface area contributed by atoms with Crippen molar-refractivity contribution in [3.8, 4) is 0 Å². The maximum absolute atomic E-state index is 11.5. The van der Waals surface area contributed by atoms with Crippen LogP contribution in [-0.4, -0.2) is 36.4 Å². The summed E-state index contributed by atoms with van der Waals surface area (Å²) in [5.41, 5.74) is 0. The summed E-state index contributed by atoms with van der Waals surface area (Å²) < 4.78 is 4.74. The van der Waals surface area contributed by atoms with Crippen molar-refractivity contribution in [3.05, 3.63) is 0 Å². The number of nitrogens with one attached hydrogen (secondary N) is 1. The molecule has 2 N–H and O–H groups in total. The van der Waals surface area contributed by atoms with Gasteiger partial charge in [-0.1, -0.05) is 13.8 Å². The minimum Gasteiger partial charge on any atom is -0.468 e. The molecule has 0 heterocycles. The number of aliphatic hydroxyl groups excluding tert-OH is 1. The lowest BCUT2D eigenvalue weighted by molar-refractivity contribution is -0.144. The highest BCUT2D eigenvalue weighted by Crippen LogP contribution is 2.20. The molecular weight excluding hydrogens is 194 g/mol. The second-order valence-electron chi connectivity index (χ2n) is 4.52. The van der Waals surface area contributed by atoms with Gasteiger partial charge in [0.25, 0.3) is 0 Å². The van der Waals surface area contributed by atoms with E-state index in [1.54, 1.807) is 0 Å². The summed E-state index contributed by atoms with van der Waals surface area (Å²) in [6, 6.07) is -0.274. The Morgan fingerprint density at radius 3 is 2.53 bits per heavy atom. The molecule has 0 radical (unpaired) electrons. The molecule has 1 aliphatic carbocycles. The van der Waals surface area contributed by atoms with Crippen LogP contribution in [0.5, 0.6) is 0 Å². The van der Waals surface area contributed by atoms with Crippen molar-refractivity contribution in [3.63, 3.8) is 0 Å². The lowest BCUT2D eigenvalue weighted by Gasteiger charge is -2.25. The molecule has 0 aliphatic heterocycles. The van der Waals surface area contributed by atoms with E-state index < -0.39 is 0 Å².